The first-order valence-electron chi connectivity index (χ1n) is 13.0. The lowest BCUT2D eigenvalue weighted by Gasteiger charge is -2.53. The number of carbonyl (C=O) groups is 3. The fraction of sp³-hybridized carbons (Fsp3) is 0.300. The molecule has 0 saturated heterocycles. The number of carbonyl (C=O) groups excluding carboxylic acids is 3. The number of phenols is 1. The lowest BCUT2D eigenvalue weighted by atomic mass is 9.54. The Morgan fingerprint density at radius 3 is 2.39 bits per heavy atom. The van der Waals surface area contributed by atoms with E-state index in [4.69, 9.17) is 10.2 Å². The number of primary amides is 1. The molecule has 3 aromatic rings. The number of aliphatic hydroxyl groups excluding tert-OH is 3. The lowest BCUT2D eigenvalue weighted by Crippen LogP contribution is -2.70. The summed E-state index contributed by atoms with van der Waals surface area (Å²) in [7, 11) is 2.92. The average Bonchev–Trinajstić information content (AvgIpc) is 3.34. The van der Waals surface area contributed by atoms with E-state index >= 15 is 0 Å². The van der Waals surface area contributed by atoms with Crippen LogP contribution in [0, 0.1) is 11.8 Å². The topological polar surface area (TPSA) is 195 Å². The third kappa shape index (κ3) is 3.33. The number of hydrogen-bond donors (Lipinski definition) is 6. The van der Waals surface area contributed by atoms with Gasteiger partial charge in [-0.2, -0.15) is 0 Å². The number of aliphatic hydroxyl groups is 4. The van der Waals surface area contributed by atoms with E-state index in [-0.39, 0.29) is 11.1 Å². The monoisotopic (exact) mass is 560 g/mol. The van der Waals surface area contributed by atoms with Crippen molar-refractivity contribution in [1.29, 1.82) is 0 Å². The Morgan fingerprint density at radius 2 is 1.76 bits per heavy atom. The molecule has 1 aromatic heterocycles. The van der Waals surface area contributed by atoms with E-state index in [1.807, 2.05) is 12.1 Å². The zero-order valence-electron chi connectivity index (χ0n) is 22.3. The number of likely N-dealkylation sites (N-methyl/N-ethyl adjacent to an activating group) is 1. The summed E-state index contributed by atoms with van der Waals surface area (Å²) in [5, 5.41) is 58.2. The molecule has 0 bridgehead atoms. The molecule has 1 saturated carbocycles. The average molecular weight is 561 g/mol. The van der Waals surface area contributed by atoms with Gasteiger partial charge in [0.05, 0.1) is 29.2 Å². The van der Waals surface area contributed by atoms with Crippen molar-refractivity contribution in [2.75, 3.05) is 14.1 Å². The van der Waals surface area contributed by atoms with E-state index < -0.39 is 81.4 Å². The summed E-state index contributed by atoms with van der Waals surface area (Å²) in [5.74, 6) is -9.02. The van der Waals surface area contributed by atoms with Gasteiger partial charge in [0.15, 0.2) is 11.4 Å². The van der Waals surface area contributed by atoms with Crippen molar-refractivity contribution in [2.45, 2.75) is 30.6 Å². The van der Waals surface area contributed by atoms with Crippen LogP contribution in [-0.2, 0) is 14.4 Å². The molecule has 0 radical (unpaired) electrons. The van der Waals surface area contributed by atoms with Crippen LogP contribution in [0.2, 0.25) is 0 Å². The molecule has 1 heterocycles. The molecule has 3 aliphatic rings. The van der Waals surface area contributed by atoms with Crippen molar-refractivity contribution in [3.8, 4) is 17.1 Å². The molecule has 11 nitrogen and oxygen atoms in total. The Bertz CT molecular complexity index is 1720. The molecule has 3 aliphatic carbocycles. The molecule has 1 unspecified atom stereocenters. The van der Waals surface area contributed by atoms with Crippen molar-refractivity contribution in [3.63, 3.8) is 0 Å². The highest BCUT2D eigenvalue weighted by Gasteiger charge is 2.68. The number of Topliss-reactive ketones (excluding diaryl/α,β-unsaturated/α-hetero) is 2. The second-order valence-electron chi connectivity index (χ2n) is 11.1. The van der Waals surface area contributed by atoms with Gasteiger partial charge in [-0.3, -0.25) is 19.3 Å². The summed E-state index contributed by atoms with van der Waals surface area (Å²) >= 11 is 0. The van der Waals surface area contributed by atoms with Crippen LogP contribution in [0.25, 0.3) is 28.1 Å². The quantitative estimate of drug-likeness (QED) is 0.258. The Kier molecular flexibility index (Phi) is 5.73. The molecule has 2 aromatic carbocycles. The summed E-state index contributed by atoms with van der Waals surface area (Å²) in [6.45, 7) is 1.68. The van der Waals surface area contributed by atoms with Gasteiger partial charge in [0, 0.05) is 16.9 Å². The fourth-order valence-electron chi connectivity index (χ4n) is 6.93. The zero-order valence-corrected chi connectivity index (χ0v) is 22.3. The normalized spacial score (nSPS) is 29.6. The van der Waals surface area contributed by atoms with E-state index in [0.717, 1.165) is 5.39 Å². The number of benzene rings is 2. The van der Waals surface area contributed by atoms with Crippen molar-refractivity contribution in [3.05, 3.63) is 70.5 Å². The summed E-state index contributed by atoms with van der Waals surface area (Å²) in [5.41, 5.74) is 2.10. The Hall–Kier alpha value is -4.45. The Balaban J connectivity index is 1.59. The van der Waals surface area contributed by atoms with E-state index in [1.54, 1.807) is 37.3 Å². The van der Waals surface area contributed by atoms with Crippen molar-refractivity contribution in [2.24, 2.45) is 17.6 Å². The third-order valence-electron chi connectivity index (χ3n) is 8.82. The van der Waals surface area contributed by atoms with Crippen LogP contribution in [-0.4, -0.2) is 79.7 Å². The highest BCUT2D eigenvalue weighted by Crippen LogP contribution is 2.57. The summed E-state index contributed by atoms with van der Waals surface area (Å²) < 4.78 is 5.89. The molecule has 212 valence electrons. The Labute approximate surface area is 233 Å². The number of amides is 1. The number of aromatic hydroxyl groups is 1. The summed E-state index contributed by atoms with van der Waals surface area (Å²) in [6, 6.07) is 10.8. The van der Waals surface area contributed by atoms with E-state index in [1.165, 1.54) is 19.0 Å². The number of rotatable bonds is 3. The van der Waals surface area contributed by atoms with Gasteiger partial charge in [0.25, 0.3) is 5.91 Å². The summed E-state index contributed by atoms with van der Waals surface area (Å²) in [4.78, 5) is 40.9. The molecule has 6 atom stereocenters. The largest absolute Gasteiger partial charge is 0.508 e. The second-order valence-corrected chi connectivity index (χ2v) is 11.1. The maximum atomic E-state index is 14.1. The fourth-order valence-corrected chi connectivity index (χ4v) is 6.93. The number of fused-ring (bicyclic) bond motifs is 4. The first kappa shape index (κ1) is 26.8. The van der Waals surface area contributed by atoms with Crippen LogP contribution in [0.4, 0.5) is 0 Å². The number of nitrogens with zero attached hydrogens (tertiary/aromatic N) is 1. The number of para-hydroxylation sites is 1. The van der Waals surface area contributed by atoms with Crippen LogP contribution in [0.5, 0.6) is 5.75 Å². The highest BCUT2D eigenvalue weighted by atomic mass is 16.4. The van der Waals surface area contributed by atoms with Gasteiger partial charge < -0.3 is 35.7 Å². The van der Waals surface area contributed by atoms with Crippen LogP contribution in [0.15, 0.2) is 63.8 Å². The van der Waals surface area contributed by atoms with Crippen LogP contribution in [0.3, 0.4) is 0 Å². The first-order valence-corrected chi connectivity index (χ1v) is 13.0. The molecule has 11 heteroatoms. The van der Waals surface area contributed by atoms with E-state index in [2.05, 4.69) is 0 Å². The zero-order chi connectivity index (χ0) is 29.7. The third-order valence-corrected chi connectivity index (χ3v) is 8.82. The molecular formula is C30H28N2O9. The number of hydrogen-bond acceptors (Lipinski definition) is 10. The lowest BCUT2D eigenvalue weighted by molar-refractivity contribution is -0.169. The van der Waals surface area contributed by atoms with Gasteiger partial charge in [-0.1, -0.05) is 31.2 Å². The van der Waals surface area contributed by atoms with Gasteiger partial charge in [-0.25, -0.2) is 0 Å². The minimum absolute atomic E-state index is 0.0982. The Morgan fingerprint density at radius 1 is 1.07 bits per heavy atom. The minimum Gasteiger partial charge on any atom is -0.508 e. The maximum absolute atomic E-state index is 14.1. The maximum Gasteiger partial charge on any atom is 0.255 e. The number of nitrogens with two attached hydrogens (primary N) is 1. The van der Waals surface area contributed by atoms with Crippen LogP contribution < -0.4 is 5.73 Å². The molecule has 7 N–H and O–H groups in total. The second kappa shape index (κ2) is 8.77. The van der Waals surface area contributed by atoms with Gasteiger partial charge >= 0.3 is 0 Å². The number of furan rings is 1. The minimum atomic E-state index is -2.96. The van der Waals surface area contributed by atoms with Crippen molar-refractivity contribution < 1.29 is 44.3 Å². The van der Waals surface area contributed by atoms with Gasteiger partial charge in [0.2, 0.25) is 5.78 Å². The molecule has 1 fully saturated rings. The van der Waals surface area contributed by atoms with Gasteiger partial charge in [0.1, 0.15) is 34.2 Å². The van der Waals surface area contributed by atoms with Crippen molar-refractivity contribution >= 4 is 34.2 Å². The van der Waals surface area contributed by atoms with Crippen LogP contribution in [0.1, 0.15) is 24.0 Å². The van der Waals surface area contributed by atoms with Gasteiger partial charge in [-0.05, 0) is 43.8 Å². The predicted octanol–water partition coefficient (Wildman–Crippen LogP) is 1.91. The van der Waals surface area contributed by atoms with Gasteiger partial charge in [-0.15, -0.1) is 0 Å². The van der Waals surface area contributed by atoms with Crippen molar-refractivity contribution in [1.82, 2.24) is 4.90 Å². The number of ketones is 2. The molecular weight excluding hydrogens is 532 g/mol. The molecule has 41 heavy (non-hydrogen) atoms. The predicted molar refractivity (Wildman–Crippen MR) is 146 cm³/mol. The SMILES string of the molecule is CC1c2ccc(-c3cc4ccccc4o3)c(O)c2C(O)=C2C(=O)[C@]3(O)C(O)=C(C(N)=O)C(=O)[C@@H](N(C)C)[C@@H]3[C@@H](O)[C@@H]21. The smallest absolute Gasteiger partial charge is 0.255 e. The molecule has 0 spiro atoms. The summed E-state index contributed by atoms with van der Waals surface area (Å²) in [6.07, 6.45) is -1.65. The van der Waals surface area contributed by atoms with E-state index in [9.17, 15) is 39.9 Å². The number of phenolic OH excluding ortho intramolecular Hbond substituents is 1. The molecule has 0 aliphatic heterocycles. The van der Waals surface area contributed by atoms with E-state index in [0.29, 0.717) is 16.9 Å². The standard InChI is InChI=1S/C30H28N2O9/c1-11-13-8-9-14(16-10-12-6-4-5-7-15(12)41-16)23(33)18(13)24(34)19-17(11)25(35)21-22(32(2)3)26(36)20(29(31)39)28(38)30(21,40)27(19)37/h4-11,17,21-22,25,33-35,38,40H,1-3H3,(H2,31,39)/t11?,17-,21-,22+,25+,30+/m1/s1. The molecule has 6 rings (SSSR count). The first-order chi connectivity index (χ1) is 19.3. The molecule has 1 amide bonds. The highest BCUT2D eigenvalue weighted by molar-refractivity contribution is 6.24. The van der Waals surface area contributed by atoms with Crippen LogP contribution >= 0.6 is 0 Å².